The van der Waals surface area contributed by atoms with Crippen molar-refractivity contribution in [1.82, 2.24) is 0 Å². The number of aliphatic hydroxyl groups is 2. The van der Waals surface area contributed by atoms with Gasteiger partial charge < -0.3 is 24.1 Å². The molecule has 0 spiro atoms. The lowest BCUT2D eigenvalue weighted by atomic mass is 9.44. The SMILES string of the molecule is CO[C@H]1CC[C@@]2(C)[C@@H](CC[C@@H]3[C@@H]2CC[C@]2(C)[C@H]4[C@H](C)[C@@H]([C@H](C[C@@](C)(O)CO)O[Si](C)(C)C(C)(C)C)O[C@H]4C[C@@H]32)C1. The standard InChI is InChI=1S/C34H62O5Si/c1-21-29-27(38-30(21)28(19-32(5,36)20-35)39-40(9,10)31(2,3)4)18-26-24-12-11-22-17-23(37-8)13-15-33(22,6)25(24)14-16-34(26,29)7/h21-30,35-36H,11-20H2,1-10H3/t21-,22-,23-,24+,25-,26-,27-,28-,29-,30-,32+,33-,34-/m0/s1. The summed E-state index contributed by atoms with van der Waals surface area (Å²) in [5, 5.41) is 21.0. The summed E-state index contributed by atoms with van der Waals surface area (Å²) >= 11 is 0. The highest BCUT2D eigenvalue weighted by Gasteiger charge is 2.66. The summed E-state index contributed by atoms with van der Waals surface area (Å²) in [5.41, 5.74) is -0.383. The molecule has 0 amide bonds. The Balaban J connectivity index is 1.36. The molecule has 5 aliphatic rings. The highest BCUT2D eigenvalue weighted by molar-refractivity contribution is 6.74. The molecule has 1 heterocycles. The summed E-state index contributed by atoms with van der Waals surface area (Å²) in [6.07, 6.45) is 11.4. The minimum absolute atomic E-state index is 0.0322. The Morgan fingerprint density at radius 1 is 0.975 bits per heavy atom. The largest absolute Gasteiger partial charge is 0.411 e. The lowest BCUT2D eigenvalue weighted by Gasteiger charge is -2.61. The molecule has 5 rings (SSSR count). The third-order valence-corrected chi connectivity index (χ3v) is 18.6. The van der Waals surface area contributed by atoms with Crippen molar-refractivity contribution in [2.45, 2.75) is 154 Å². The lowest BCUT2D eigenvalue weighted by molar-refractivity contribution is -0.136. The van der Waals surface area contributed by atoms with Crippen LogP contribution in [0.3, 0.4) is 0 Å². The highest BCUT2D eigenvalue weighted by atomic mass is 28.4. The van der Waals surface area contributed by atoms with Crippen LogP contribution in [0.1, 0.15) is 106 Å². The highest BCUT2D eigenvalue weighted by Crippen LogP contribution is 2.70. The van der Waals surface area contributed by atoms with E-state index in [0.717, 1.165) is 23.7 Å². The first kappa shape index (κ1) is 31.4. The van der Waals surface area contributed by atoms with Gasteiger partial charge in [-0.3, -0.25) is 0 Å². The van der Waals surface area contributed by atoms with Crippen LogP contribution in [0.2, 0.25) is 18.1 Å². The summed E-state index contributed by atoms with van der Waals surface area (Å²) in [6, 6.07) is 0. The second-order valence-electron chi connectivity index (χ2n) is 17.4. The second-order valence-corrected chi connectivity index (χ2v) is 22.1. The van der Waals surface area contributed by atoms with Crippen LogP contribution in [0.5, 0.6) is 0 Å². The van der Waals surface area contributed by atoms with Gasteiger partial charge in [0.1, 0.15) is 0 Å². The molecule has 4 aliphatic carbocycles. The van der Waals surface area contributed by atoms with Gasteiger partial charge in [0.05, 0.1) is 36.6 Å². The summed E-state index contributed by atoms with van der Waals surface area (Å²) < 4.78 is 20.0. The van der Waals surface area contributed by atoms with Gasteiger partial charge in [0.2, 0.25) is 0 Å². The second kappa shape index (κ2) is 10.6. The Labute approximate surface area is 246 Å². The van der Waals surface area contributed by atoms with Crippen molar-refractivity contribution in [3.63, 3.8) is 0 Å². The topological polar surface area (TPSA) is 68.2 Å². The van der Waals surface area contributed by atoms with Crippen LogP contribution in [-0.2, 0) is 13.9 Å². The molecule has 40 heavy (non-hydrogen) atoms. The number of hydrogen-bond acceptors (Lipinski definition) is 5. The predicted molar refractivity (Wildman–Crippen MR) is 164 cm³/mol. The summed E-state index contributed by atoms with van der Waals surface area (Å²) in [5.74, 6) is 4.18. The summed E-state index contributed by atoms with van der Waals surface area (Å²) in [4.78, 5) is 0. The Morgan fingerprint density at radius 3 is 2.27 bits per heavy atom. The van der Waals surface area contributed by atoms with E-state index in [0.29, 0.717) is 35.2 Å². The number of ether oxygens (including phenoxy) is 2. The van der Waals surface area contributed by atoms with Crippen LogP contribution in [0.15, 0.2) is 0 Å². The number of rotatable bonds is 7. The molecule has 0 aromatic heterocycles. The summed E-state index contributed by atoms with van der Waals surface area (Å²) in [7, 11) is -0.199. The molecule has 0 radical (unpaired) electrons. The molecule has 232 valence electrons. The van der Waals surface area contributed by atoms with E-state index in [1.165, 1.54) is 51.4 Å². The molecule has 1 aliphatic heterocycles. The molecule has 13 atom stereocenters. The van der Waals surface area contributed by atoms with Gasteiger partial charge in [-0.2, -0.15) is 0 Å². The molecule has 0 bridgehead atoms. The van der Waals surface area contributed by atoms with Gasteiger partial charge >= 0.3 is 0 Å². The molecule has 6 heteroatoms. The first-order valence-corrected chi connectivity index (χ1v) is 19.6. The van der Waals surface area contributed by atoms with Gasteiger partial charge in [-0.05, 0) is 123 Å². The number of fused-ring (bicyclic) bond motifs is 7. The van der Waals surface area contributed by atoms with E-state index in [-0.39, 0.29) is 30.0 Å². The van der Waals surface area contributed by atoms with Crippen LogP contribution >= 0.6 is 0 Å². The Kier molecular flexibility index (Phi) is 8.31. The summed E-state index contributed by atoms with van der Waals surface area (Å²) in [6.45, 7) is 20.6. The van der Waals surface area contributed by atoms with Crippen LogP contribution in [0.4, 0.5) is 0 Å². The molecule has 4 saturated carbocycles. The smallest absolute Gasteiger partial charge is 0.192 e. The average molecular weight is 579 g/mol. The van der Waals surface area contributed by atoms with Crippen molar-refractivity contribution < 1.29 is 24.1 Å². The van der Waals surface area contributed by atoms with Crippen molar-refractivity contribution >= 4 is 8.32 Å². The third-order valence-electron chi connectivity index (χ3n) is 14.1. The zero-order valence-corrected chi connectivity index (χ0v) is 28.5. The molecule has 5 nitrogen and oxygen atoms in total. The maximum atomic E-state index is 11.0. The van der Waals surface area contributed by atoms with Crippen LogP contribution in [0, 0.1) is 46.3 Å². The molecular formula is C34H62O5Si. The monoisotopic (exact) mass is 578 g/mol. The molecule has 0 unspecified atom stereocenters. The van der Waals surface area contributed by atoms with Gasteiger partial charge in [0.25, 0.3) is 0 Å². The Bertz CT molecular complexity index is 914. The maximum absolute atomic E-state index is 11.0. The minimum atomic E-state index is -2.10. The van der Waals surface area contributed by atoms with Gasteiger partial charge in [0, 0.05) is 13.5 Å². The van der Waals surface area contributed by atoms with Gasteiger partial charge in [-0.15, -0.1) is 0 Å². The lowest BCUT2D eigenvalue weighted by Crippen LogP contribution is -2.55. The molecular weight excluding hydrogens is 516 g/mol. The van der Waals surface area contributed by atoms with Gasteiger partial charge in [-0.25, -0.2) is 0 Å². The number of aliphatic hydroxyl groups excluding tert-OH is 1. The van der Waals surface area contributed by atoms with Gasteiger partial charge in [0.15, 0.2) is 8.32 Å². The van der Waals surface area contributed by atoms with E-state index in [4.69, 9.17) is 13.9 Å². The third kappa shape index (κ3) is 5.10. The first-order valence-electron chi connectivity index (χ1n) is 16.7. The Morgan fingerprint density at radius 2 is 1.65 bits per heavy atom. The van der Waals surface area contributed by atoms with Crippen molar-refractivity contribution in [2.24, 2.45) is 46.3 Å². The fourth-order valence-electron chi connectivity index (χ4n) is 10.8. The fraction of sp³-hybridized carbons (Fsp3) is 1.00. The number of methoxy groups -OCH3 is 1. The van der Waals surface area contributed by atoms with E-state index >= 15 is 0 Å². The van der Waals surface area contributed by atoms with E-state index < -0.39 is 13.9 Å². The van der Waals surface area contributed by atoms with Crippen LogP contribution in [0.25, 0.3) is 0 Å². The molecule has 0 aromatic carbocycles. The van der Waals surface area contributed by atoms with Crippen LogP contribution < -0.4 is 0 Å². The van der Waals surface area contributed by atoms with Crippen molar-refractivity contribution in [2.75, 3.05) is 13.7 Å². The average Bonchev–Trinajstić information content (AvgIpc) is 3.35. The van der Waals surface area contributed by atoms with Gasteiger partial charge in [-0.1, -0.05) is 41.5 Å². The van der Waals surface area contributed by atoms with Crippen molar-refractivity contribution in [3.05, 3.63) is 0 Å². The molecule has 0 aromatic rings. The fourth-order valence-corrected chi connectivity index (χ4v) is 12.1. The van der Waals surface area contributed by atoms with E-state index in [2.05, 4.69) is 54.6 Å². The van der Waals surface area contributed by atoms with Crippen molar-refractivity contribution in [3.8, 4) is 0 Å². The minimum Gasteiger partial charge on any atom is -0.411 e. The predicted octanol–water partition coefficient (Wildman–Crippen LogP) is 7.20. The first-order chi connectivity index (χ1) is 18.5. The van der Waals surface area contributed by atoms with E-state index in [1.54, 1.807) is 6.92 Å². The molecule has 5 fully saturated rings. The zero-order chi connectivity index (χ0) is 29.5. The molecule has 1 saturated heterocycles. The maximum Gasteiger partial charge on any atom is 0.192 e. The quantitative estimate of drug-likeness (QED) is 0.313. The normalized spacial score (nSPS) is 47.5. The van der Waals surface area contributed by atoms with E-state index in [9.17, 15) is 10.2 Å². The van der Waals surface area contributed by atoms with E-state index in [1.807, 2.05) is 7.11 Å². The Hall–Kier alpha value is 0.0169. The number of hydrogen-bond donors (Lipinski definition) is 2. The zero-order valence-electron chi connectivity index (χ0n) is 27.5. The van der Waals surface area contributed by atoms with Crippen molar-refractivity contribution in [1.29, 1.82) is 0 Å². The molecule has 2 N–H and O–H groups in total. The van der Waals surface area contributed by atoms with Crippen LogP contribution in [-0.4, -0.2) is 62.3 Å².